The first-order valence-electron chi connectivity index (χ1n) is 9.74. The standard InChI is InChI=1S/C22H31N3O2/c1-14(2)18-13-17(23-25(18)22(4,5)6)21(26)24-12-8-9-16-15(3)10-11-19(27-7)20(16)24/h10-11,13-14H,8-9,12H2,1-7H3. The number of hydrogen-bond donors (Lipinski definition) is 0. The molecule has 0 radical (unpaired) electrons. The number of amides is 1. The topological polar surface area (TPSA) is 47.4 Å². The van der Waals surface area contributed by atoms with Crippen LogP contribution < -0.4 is 9.64 Å². The molecular weight excluding hydrogens is 338 g/mol. The number of carbonyl (C=O) groups is 1. The van der Waals surface area contributed by atoms with Crippen molar-refractivity contribution in [3.63, 3.8) is 0 Å². The molecule has 5 nitrogen and oxygen atoms in total. The van der Waals surface area contributed by atoms with Gasteiger partial charge in [-0.3, -0.25) is 9.48 Å². The monoisotopic (exact) mass is 369 g/mol. The van der Waals surface area contributed by atoms with E-state index in [1.165, 1.54) is 11.1 Å². The van der Waals surface area contributed by atoms with Crippen LogP contribution in [0.5, 0.6) is 5.75 Å². The van der Waals surface area contributed by atoms with Gasteiger partial charge >= 0.3 is 0 Å². The van der Waals surface area contributed by atoms with Crippen LogP contribution in [0.2, 0.25) is 0 Å². The third-order valence-electron chi connectivity index (χ3n) is 5.21. The SMILES string of the molecule is COc1ccc(C)c2c1N(C(=O)c1cc(C(C)C)n(C(C)(C)C)n1)CCC2. The number of ether oxygens (including phenoxy) is 1. The fourth-order valence-corrected chi connectivity index (χ4v) is 3.81. The summed E-state index contributed by atoms with van der Waals surface area (Å²) in [7, 11) is 1.66. The maximum Gasteiger partial charge on any atom is 0.278 e. The number of aryl methyl sites for hydroxylation is 1. The summed E-state index contributed by atoms with van der Waals surface area (Å²) in [6.45, 7) is 13.4. The second-order valence-corrected chi connectivity index (χ2v) is 8.66. The van der Waals surface area contributed by atoms with Crippen LogP contribution in [-0.2, 0) is 12.0 Å². The van der Waals surface area contributed by atoms with Gasteiger partial charge in [-0.25, -0.2) is 0 Å². The summed E-state index contributed by atoms with van der Waals surface area (Å²) in [4.78, 5) is 15.3. The highest BCUT2D eigenvalue weighted by atomic mass is 16.5. The zero-order valence-electron chi connectivity index (χ0n) is 17.6. The van der Waals surface area contributed by atoms with Crippen LogP contribution >= 0.6 is 0 Å². The van der Waals surface area contributed by atoms with Gasteiger partial charge in [-0.1, -0.05) is 19.9 Å². The first-order valence-corrected chi connectivity index (χ1v) is 9.74. The number of benzene rings is 1. The Morgan fingerprint density at radius 1 is 1.26 bits per heavy atom. The van der Waals surface area contributed by atoms with E-state index in [9.17, 15) is 4.79 Å². The smallest absolute Gasteiger partial charge is 0.278 e. The molecule has 1 aromatic carbocycles. The minimum absolute atomic E-state index is 0.0512. The Hall–Kier alpha value is -2.30. The quantitative estimate of drug-likeness (QED) is 0.790. The third kappa shape index (κ3) is 3.47. The van der Waals surface area contributed by atoms with Crippen LogP contribution in [0, 0.1) is 6.92 Å². The second kappa shape index (κ2) is 7.02. The van der Waals surface area contributed by atoms with Gasteiger partial charge in [0.15, 0.2) is 5.69 Å². The predicted octanol–water partition coefficient (Wildman–Crippen LogP) is 4.67. The van der Waals surface area contributed by atoms with Gasteiger partial charge in [-0.15, -0.1) is 0 Å². The normalized spacial score (nSPS) is 14.4. The molecule has 0 N–H and O–H groups in total. The summed E-state index contributed by atoms with van der Waals surface area (Å²) in [6.07, 6.45) is 1.92. The minimum Gasteiger partial charge on any atom is -0.495 e. The summed E-state index contributed by atoms with van der Waals surface area (Å²) in [5, 5.41) is 4.71. The molecule has 0 spiro atoms. The molecule has 0 unspecified atom stereocenters. The largest absolute Gasteiger partial charge is 0.495 e. The number of rotatable bonds is 3. The van der Waals surface area contributed by atoms with Gasteiger partial charge in [-0.2, -0.15) is 5.10 Å². The summed E-state index contributed by atoms with van der Waals surface area (Å²) >= 11 is 0. The van der Waals surface area contributed by atoms with Crippen molar-refractivity contribution in [2.24, 2.45) is 0 Å². The first-order chi connectivity index (χ1) is 12.6. The lowest BCUT2D eigenvalue weighted by atomic mass is 9.96. The number of fused-ring (bicyclic) bond motifs is 1. The molecule has 0 fully saturated rings. The van der Waals surface area contributed by atoms with E-state index in [-0.39, 0.29) is 11.4 Å². The van der Waals surface area contributed by atoms with Crippen molar-refractivity contribution in [1.82, 2.24) is 9.78 Å². The molecule has 5 heteroatoms. The Balaban J connectivity index is 2.08. The Labute approximate surface area is 162 Å². The third-order valence-corrected chi connectivity index (χ3v) is 5.21. The van der Waals surface area contributed by atoms with Crippen molar-refractivity contribution in [3.05, 3.63) is 40.7 Å². The number of anilines is 1. The molecule has 0 atom stereocenters. The van der Waals surface area contributed by atoms with Gasteiger partial charge in [0, 0.05) is 12.2 Å². The number of hydrogen-bond acceptors (Lipinski definition) is 3. The van der Waals surface area contributed by atoms with Gasteiger partial charge in [0.2, 0.25) is 0 Å². The molecule has 0 bridgehead atoms. The van der Waals surface area contributed by atoms with Crippen molar-refractivity contribution in [3.8, 4) is 5.75 Å². The Bertz CT molecular complexity index is 859. The average Bonchev–Trinajstić information content (AvgIpc) is 3.07. The Kier molecular flexibility index (Phi) is 5.06. The second-order valence-electron chi connectivity index (χ2n) is 8.66. The van der Waals surface area contributed by atoms with E-state index in [1.807, 2.05) is 21.7 Å². The fraction of sp³-hybridized carbons (Fsp3) is 0.545. The molecule has 27 heavy (non-hydrogen) atoms. The molecule has 2 aromatic rings. The van der Waals surface area contributed by atoms with Gasteiger partial charge in [-0.05, 0) is 69.7 Å². The zero-order chi connectivity index (χ0) is 19.9. The fourth-order valence-electron chi connectivity index (χ4n) is 3.81. The molecule has 0 saturated heterocycles. The molecule has 146 valence electrons. The van der Waals surface area contributed by atoms with Gasteiger partial charge in [0.25, 0.3) is 5.91 Å². The predicted molar refractivity (Wildman–Crippen MR) is 109 cm³/mol. The van der Waals surface area contributed by atoms with Crippen molar-refractivity contribution in [1.29, 1.82) is 0 Å². The van der Waals surface area contributed by atoms with E-state index in [4.69, 9.17) is 9.84 Å². The molecule has 1 amide bonds. The zero-order valence-corrected chi connectivity index (χ0v) is 17.6. The van der Waals surface area contributed by atoms with E-state index >= 15 is 0 Å². The first kappa shape index (κ1) is 19.5. The van der Waals surface area contributed by atoms with E-state index in [1.54, 1.807) is 7.11 Å². The number of methoxy groups -OCH3 is 1. The van der Waals surface area contributed by atoms with E-state index in [0.717, 1.165) is 30.0 Å². The molecule has 1 aliphatic heterocycles. The molecule has 0 aliphatic carbocycles. The lowest BCUT2D eigenvalue weighted by molar-refractivity contribution is 0.0978. The van der Waals surface area contributed by atoms with Gasteiger partial charge < -0.3 is 9.64 Å². The molecule has 1 aliphatic rings. The highest BCUT2D eigenvalue weighted by Gasteiger charge is 2.31. The van der Waals surface area contributed by atoms with Crippen molar-refractivity contribution in [2.45, 2.75) is 65.8 Å². The maximum absolute atomic E-state index is 13.5. The van der Waals surface area contributed by atoms with Crippen LogP contribution in [0.4, 0.5) is 5.69 Å². The maximum atomic E-state index is 13.5. The molecule has 1 aromatic heterocycles. The van der Waals surface area contributed by atoms with Crippen molar-refractivity contribution >= 4 is 11.6 Å². The summed E-state index contributed by atoms with van der Waals surface area (Å²) < 4.78 is 7.58. The average molecular weight is 370 g/mol. The summed E-state index contributed by atoms with van der Waals surface area (Å²) in [5.74, 6) is 0.997. The molecule has 3 rings (SSSR count). The number of aromatic nitrogens is 2. The van der Waals surface area contributed by atoms with Crippen LogP contribution in [-0.4, -0.2) is 29.3 Å². The number of nitrogens with zero attached hydrogens (tertiary/aromatic N) is 3. The van der Waals surface area contributed by atoms with Crippen molar-refractivity contribution < 1.29 is 9.53 Å². The highest BCUT2D eigenvalue weighted by Crippen LogP contribution is 2.39. The number of carbonyl (C=O) groups excluding carboxylic acids is 1. The summed E-state index contributed by atoms with van der Waals surface area (Å²) in [5.41, 5.74) is 4.72. The molecule has 0 saturated carbocycles. The van der Waals surface area contributed by atoms with Crippen LogP contribution in [0.25, 0.3) is 0 Å². The summed E-state index contributed by atoms with van der Waals surface area (Å²) in [6, 6.07) is 5.97. The van der Waals surface area contributed by atoms with Gasteiger partial charge in [0.05, 0.1) is 18.3 Å². The highest BCUT2D eigenvalue weighted by molar-refractivity contribution is 6.06. The molecular formula is C22H31N3O2. The van der Waals surface area contributed by atoms with E-state index in [0.29, 0.717) is 18.2 Å². The van der Waals surface area contributed by atoms with Crippen LogP contribution in [0.1, 0.15) is 74.3 Å². The van der Waals surface area contributed by atoms with Crippen LogP contribution in [0.15, 0.2) is 18.2 Å². The van der Waals surface area contributed by atoms with E-state index < -0.39 is 0 Å². The lowest BCUT2D eigenvalue weighted by Gasteiger charge is -2.31. The minimum atomic E-state index is -0.174. The Morgan fingerprint density at radius 3 is 2.52 bits per heavy atom. The molecule has 2 heterocycles. The Morgan fingerprint density at radius 2 is 1.96 bits per heavy atom. The lowest BCUT2D eigenvalue weighted by Crippen LogP contribution is -2.36. The van der Waals surface area contributed by atoms with Crippen molar-refractivity contribution in [2.75, 3.05) is 18.6 Å². The van der Waals surface area contributed by atoms with Gasteiger partial charge in [0.1, 0.15) is 5.75 Å². The van der Waals surface area contributed by atoms with Crippen LogP contribution in [0.3, 0.4) is 0 Å². The van der Waals surface area contributed by atoms with E-state index in [2.05, 4.69) is 47.6 Å².